The van der Waals surface area contributed by atoms with Gasteiger partial charge in [0.25, 0.3) is 0 Å². The molecule has 2 aromatic carbocycles. The molecule has 0 bridgehead atoms. The first kappa shape index (κ1) is 15.2. The molecule has 0 saturated heterocycles. The second-order valence-corrected chi connectivity index (χ2v) is 5.91. The molecule has 2 aromatic rings. The van der Waals surface area contributed by atoms with E-state index in [0.717, 1.165) is 17.1 Å². The van der Waals surface area contributed by atoms with Crippen molar-refractivity contribution in [1.82, 2.24) is 4.90 Å². The van der Waals surface area contributed by atoms with Crippen LogP contribution in [-0.2, 0) is 6.54 Å². The summed E-state index contributed by atoms with van der Waals surface area (Å²) in [5, 5.41) is 1.43. The van der Waals surface area contributed by atoms with Crippen LogP contribution < -0.4 is 5.73 Å². The van der Waals surface area contributed by atoms with Crippen molar-refractivity contribution < 1.29 is 0 Å². The van der Waals surface area contributed by atoms with Gasteiger partial charge in [0, 0.05) is 28.3 Å². The summed E-state index contributed by atoms with van der Waals surface area (Å²) in [7, 11) is 2.07. The molecule has 106 valence electrons. The summed E-state index contributed by atoms with van der Waals surface area (Å²) >= 11 is 12.1. The van der Waals surface area contributed by atoms with Gasteiger partial charge >= 0.3 is 0 Å². The van der Waals surface area contributed by atoms with Gasteiger partial charge in [-0.3, -0.25) is 4.90 Å². The zero-order valence-corrected chi connectivity index (χ0v) is 13.1. The smallest absolute Gasteiger partial charge is 0.0429 e. The average Bonchev–Trinajstić information content (AvgIpc) is 2.36. The van der Waals surface area contributed by atoms with Crippen molar-refractivity contribution in [2.45, 2.75) is 19.5 Å². The number of hydrogen-bond acceptors (Lipinski definition) is 2. The maximum Gasteiger partial charge on any atom is 0.0429 e. The first-order chi connectivity index (χ1) is 9.45. The third-order valence-electron chi connectivity index (χ3n) is 3.40. The molecule has 2 nitrogen and oxygen atoms in total. The molecule has 0 amide bonds. The Morgan fingerprint density at radius 3 is 2.50 bits per heavy atom. The van der Waals surface area contributed by atoms with Gasteiger partial charge in [-0.05, 0) is 55.4 Å². The number of hydrogen-bond donors (Lipinski definition) is 1. The highest BCUT2D eigenvalue weighted by Gasteiger charge is 2.12. The SMILES string of the molecule is CC(c1cccc(Cl)c1)N(C)Cc1cc(N)cc(Cl)c1. The van der Waals surface area contributed by atoms with Crippen molar-refractivity contribution in [2.24, 2.45) is 0 Å². The summed E-state index contributed by atoms with van der Waals surface area (Å²) < 4.78 is 0. The predicted molar refractivity (Wildman–Crippen MR) is 87.2 cm³/mol. The van der Waals surface area contributed by atoms with Gasteiger partial charge in [0.2, 0.25) is 0 Å². The molecule has 0 fully saturated rings. The normalized spacial score (nSPS) is 12.7. The molecule has 0 spiro atoms. The van der Waals surface area contributed by atoms with Crippen molar-refractivity contribution in [3.8, 4) is 0 Å². The van der Waals surface area contributed by atoms with Gasteiger partial charge in [-0.2, -0.15) is 0 Å². The fourth-order valence-corrected chi connectivity index (χ4v) is 2.68. The molecule has 20 heavy (non-hydrogen) atoms. The summed E-state index contributed by atoms with van der Waals surface area (Å²) in [4.78, 5) is 2.23. The van der Waals surface area contributed by atoms with E-state index in [1.807, 2.05) is 30.3 Å². The quantitative estimate of drug-likeness (QED) is 0.824. The van der Waals surface area contributed by atoms with Crippen molar-refractivity contribution in [1.29, 1.82) is 0 Å². The lowest BCUT2D eigenvalue weighted by atomic mass is 10.1. The van der Waals surface area contributed by atoms with E-state index < -0.39 is 0 Å². The molecule has 2 rings (SSSR count). The van der Waals surface area contributed by atoms with E-state index in [4.69, 9.17) is 28.9 Å². The lowest BCUT2D eigenvalue weighted by Gasteiger charge is -2.25. The highest BCUT2D eigenvalue weighted by molar-refractivity contribution is 6.31. The maximum absolute atomic E-state index is 6.04. The van der Waals surface area contributed by atoms with Gasteiger partial charge in [-0.15, -0.1) is 0 Å². The summed E-state index contributed by atoms with van der Waals surface area (Å²) in [5.74, 6) is 0. The van der Waals surface area contributed by atoms with E-state index in [2.05, 4.69) is 24.9 Å². The molecule has 2 N–H and O–H groups in total. The maximum atomic E-state index is 6.04. The number of anilines is 1. The minimum atomic E-state index is 0.258. The van der Waals surface area contributed by atoms with Crippen molar-refractivity contribution in [3.05, 3.63) is 63.6 Å². The zero-order valence-electron chi connectivity index (χ0n) is 11.6. The lowest BCUT2D eigenvalue weighted by molar-refractivity contribution is 0.253. The van der Waals surface area contributed by atoms with Crippen LogP contribution in [0.3, 0.4) is 0 Å². The minimum Gasteiger partial charge on any atom is -0.399 e. The predicted octanol–water partition coefficient (Wildman–Crippen LogP) is 4.77. The van der Waals surface area contributed by atoms with Crippen LogP contribution in [0.25, 0.3) is 0 Å². The highest BCUT2D eigenvalue weighted by atomic mass is 35.5. The molecule has 0 saturated carbocycles. The molecule has 0 aliphatic heterocycles. The van der Waals surface area contributed by atoms with E-state index in [1.165, 1.54) is 5.56 Å². The number of halogens is 2. The molecule has 4 heteroatoms. The average molecular weight is 309 g/mol. The van der Waals surface area contributed by atoms with Gasteiger partial charge in [0.15, 0.2) is 0 Å². The Morgan fingerprint density at radius 2 is 1.85 bits per heavy atom. The third kappa shape index (κ3) is 3.89. The molecule has 0 aliphatic carbocycles. The fourth-order valence-electron chi connectivity index (χ4n) is 2.21. The number of nitrogens with zero attached hydrogens (tertiary/aromatic N) is 1. The monoisotopic (exact) mass is 308 g/mol. The number of rotatable bonds is 4. The minimum absolute atomic E-state index is 0.258. The van der Waals surface area contributed by atoms with Gasteiger partial charge in [-0.25, -0.2) is 0 Å². The van der Waals surface area contributed by atoms with Crippen LogP contribution in [0.5, 0.6) is 0 Å². The molecule has 0 heterocycles. The van der Waals surface area contributed by atoms with E-state index in [9.17, 15) is 0 Å². The second-order valence-electron chi connectivity index (χ2n) is 5.04. The van der Waals surface area contributed by atoms with Gasteiger partial charge in [-0.1, -0.05) is 35.3 Å². The first-order valence-electron chi connectivity index (χ1n) is 6.46. The zero-order chi connectivity index (χ0) is 14.7. The van der Waals surface area contributed by atoms with Crippen molar-refractivity contribution in [2.75, 3.05) is 12.8 Å². The van der Waals surface area contributed by atoms with Crippen LogP contribution in [-0.4, -0.2) is 11.9 Å². The summed E-state index contributed by atoms with van der Waals surface area (Å²) in [6.45, 7) is 2.93. The Hall–Kier alpha value is -1.22. The van der Waals surface area contributed by atoms with E-state index in [1.54, 1.807) is 6.07 Å². The van der Waals surface area contributed by atoms with Crippen molar-refractivity contribution >= 4 is 28.9 Å². The van der Waals surface area contributed by atoms with Gasteiger partial charge in [0.1, 0.15) is 0 Å². The Kier molecular flexibility index (Phi) is 4.92. The molecular weight excluding hydrogens is 291 g/mol. The third-order valence-corrected chi connectivity index (χ3v) is 3.86. The van der Waals surface area contributed by atoms with Crippen LogP contribution in [0, 0.1) is 0 Å². The number of nitrogens with two attached hydrogens (primary N) is 1. The van der Waals surface area contributed by atoms with E-state index >= 15 is 0 Å². The Labute approximate surface area is 130 Å². The molecule has 0 aliphatic rings. The summed E-state index contributed by atoms with van der Waals surface area (Å²) in [6, 6.07) is 13.8. The standard InChI is InChI=1S/C16H18Cl2N2/c1-11(13-4-3-5-14(17)8-13)20(2)10-12-6-15(18)9-16(19)7-12/h3-9,11H,10,19H2,1-2H3. The number of nitrogen functional groups attached to an aromatic ring is 1. The lowest BCUT2D eigenvalue weighted by Crippen LogP contribution is -2.22. The Balaban J connectivity index is 2.13. The van der Waals surface area contributed by atoms with Crippen LogP contribution in [0.2, 0.25) is 10.0 Å². The highest BCUT2D eigenvalue weighted by Crippen LogP contribution is 2.24. The Bertz CT molecular complexity index is 579. The Morgan fingerprint density at radius 1 is 1.10 bits per heavy atom. The van der Waals surface area contributed by atoms with E-state index in [0.29, 0.717) is 10.7 Å². The molecule has 1 unspecified atom stereocenters. The molecule has 0 aromatic heterocycles. The molecular formula is C16H18Cl2N2. The largest absolute Gasteiger partial charge is 0.399 e. The second kappa shape index (κ2) is 6.49. The summed E-state index contributed by atoms with van der Waals surface area (Å²) in [6.07, 6.45) is 0. The fraction of sp³-hybridized carbons (Fsp3) is 0.250. The summed E-state index contributed by atoms with van der Waals surface area (Å²) in [5.41, 5.74) is 8.81. The molecule has 1 atom stereocenters. The van der Waals surface area contributed by atoms with Crippen LogP contribution >= 0.6 is 23.2 Å². The van der Waals surface area contributed by atoms with Gasteiger partial charge < -0.3 is 5.73 Å². The first-order valence-corrected chi connectivity index (χ1v) is 7.22. The van der Waals surface area contributed by atoms with Crippen LogP contribution in [0.4, 0.5) is 5.69 Å². The van der Waals surface area contributed by atoms with Crippen LogP contribution in [0.1, 0.15) is 24.1 Å². The molecule has 0 radical (unpaired) electrons. The number of benzene rings is 2. The topological polar surface area (TPSA) is 29.3 Å². The van der Waals surface area contributed by atoms with E-state index in [-0.39, 0.29) is 6.04 Å². The van der Waals surface area contributed by atoms with Crippen LogP contribution in [0.15, 0.2) is 42.5 Å². The van der Waals surface area contributed by atoms with Gasteiger partial charge in [0.05, 0.1) is 0 Å². The van der Waals surface area contributed by atoms with Crippen molar-refractivity contribution in [3.63, 3.8) is 0 Å².